The van der Waals surface area contributed by atoms with E-state index in [9.17, 15) is 0 Å². The molecule has 2 heterocycles. The van der Waals surface area contributed by atoms with Crippen molar-refractivity contribution >= 4 is 16.9 Å². The summed E-state index contributed by atoms with van der Waals surface area (Å²) < 4.78 is 0. The molecule has 5 heteroatoms. The first-order valence-electron chi connectivity index (χ1n) is 6.35. The van der Waals surface area contributed by atoms with Crippen molar-refractivity contribution in [3.8, 4) is 0 Å². The van der Waals surface area contributed by atoms with E-state index in [2.05, 4.69) is 34.1 Å². The van der Waals surface area contributed by atoms with Crippen LogP contribution in [0.1, 0.15) is 31.7 Å². The van der Waals surface area contributed by atoms with E-state index in [4.69, 9.17) is 0 Å². The quantitative estimate of drug-likeness (QED) is 0.907. The molecule has 98 valence electrons. The van der Waals surface area contributed by atoms with Gasteiger partial charge in [-0.25, -0.2) is 0 Å². The molecule has 1 aliphatic heterocycles. The predicted octanol–water partition coefficient (Wildman–Crippen LogP) is 2.39. The van der Waals surface area contributed by atoms with Crippen molar-refractivity contribution in [2.24, 2.45) is 10.9 Å². The van der Waals surface area contributed by atoms with Gasteiger partial charge in [-0.2, -0.15) is 0 Å². The van der Waals surface area contributed by atoms with Gasteiger partial charge in [0.05, 0.1) is 24.1 Å². The molecule has 0 aliphatic carbocycles. The van der Waals surface area contributed by atoms with Crippen LogP contribution in [0.2, 0.25) is 0 Å². The van der Waals surface area contributed by atoms with Gasteiger partial charge in [0.1, 0.15) is 0 Å². The molecule has 0 saturated carbocycles. The molecule has 0 spiro atoms. The molecule has 0 radical (unpaired) electrons. The van der Waals surface area contributed by atoms with E-state index in [-0.39, 0.29) is 0 Å². The maximum atomic E-state index is 4.55. The van der Waals surface area contributed by atoms with Crippen molar-refractivity contribution in [1.82, 2.24) is 15.3 Å². The minimum atomic E-state index is 0.567. The number of hydrogen-bond donors (Lipinski definition) is 1. The van der Waals surface area contributed by atoms with Crippen molar-refractivity contribution < 1.29 is 0 Å². The van der Waals surface area contributed by atoms with Crippen LogP contribution in [0.4, 0.5) is 0 Å². The molecular formula is C13H20N4S. The van der Waals surface area contributed by atoms with E-state index < -0.39 is 0 Å². The first-order valence-corrected chi connectivity index (χ1v) is 7.33. The normalized spacial score (nSPS) is 21.6. The summed E-state index contributed by atoms with van der Waals surface area (Å²) >= 11 is 1.81. The predicted molar refractivity (Wildman–Crippen MR) is 76.7 cm³/mol. The van der Waals surface area contributed by atoms with Gasteiger partial charge < -0.3 is 5.32 Å². The Kier molecular flexibility index (Phi) is 4.58. The first kappa shape index (κ1) is 13.3. The summed E-state index contributed by atoms with van der Waals surface area (Å²) in [5, 5.41) is 4.51. The molecule has 1 saturated heterocycles. The summed E-state index contributed by atoms with van der Waals surface area (Å²) in [5.74, 6) is 1.85. The molecule has 1 atom stereocenters. The van der Waals surface area contributed by atoms with Gasteiger partial charge in [-0.3, -0.25) is 15.0 Å². The van der Waals surface area contributed by atoms with Crippen LogP contribution in [0.3, 0.4) is 0 Å². The lowest BCUT2D eigenvalue weighted by Crippen LogP contribution is -2.28. The lowest BCUT2D eigenvalue weighted by molar-refractivity contribution is 0.502. The fraction of sp³-hybridized carbons (Fsp3) is 0.615. The molecule has 0 amide bonds. The summed E-state index contributed by atoms with van der Waals surface area (Å²) in [6.07, 6.45) is 4.78. The highest BCUT2D eigenvalue weighted by Crippen LogP contribution is 2.19. The fourth-order valence-electron chi connectivity index (χ4n) is 1.88. The van der Waals surface area contributed by atoms with Gasteiger partial charge in [0.15, 0.2) is 5.17 Å². The number of nitrogens with zero attached hydrogens (tertiary/aromatic N) is 3. The average molecular weight is 264 g/mol. The molecular weight excluding hydrogens is 244 g/mol. The van der Waals surface area contributed by atoms with Crippen molar-refractivity contribution in [3.63, 3.8) is 0 Å². The Labute approximate surface area is 113 Å². The van der Waals surface area contributed by atoms with E-state index in [1.165, 1.54) is 6.42 Å². The summed E-state index contributed by atoms with van der Waals surface area (Å²) in [6.45, 7) is 7.05. The molecule has 1 unspecified atom stereocenters. The number of aryl methyl sites for hydroxylation is 1. The van der Waals surface area contributed by atoms with Crippen molar-refractivity contribution in [2.75, 3.05) is 5.75 Å². The second kappa shape index (κ2) is 6.18. The number of aliphatic imine (C=N–C) groups is 1. The van der Waals surface area contributed by atoms with Crippen molar-refractivity contribution in [2.45, 2.75) is 39.8 Å². The van der Waals surface area contributed by atoms with E-state index in [0.29, 0.717) is 12.6 Å². The molecule has 1 aromatic heterocycles. The fourth-order valence-corrected chi connectivity index (χ4v) is 2.86. The summed E-state index contributed by atoms with van der Waals surface area (Å²) in [7, 11) is 0. The van der Waals surface area contributed by atoms with Gasteiger partial charge in [0.25, 0.3) is 0 Å². The second-order valence-electron chi connectivity index (χ2n) is 5.05. The molecule has 1 aliphatic rings. The van der Waals surface area contributed by atoms with Crippen LogP contribution in [-0.2, 0) is 6.54 Å². The monoisotopic (exact) mass is 264 g/mol. The third-order valence-electron chi connectivity index (χ3n) is 2.72. The Morgan fingerprint density at radius 3 is 2.94 bits per heavy atom. The minimum Gasteiger partial charge on any atom is -0.361 e. The maximum absolute atomic E-state index is 4.55. The zero-order chi connectivity index (χ0) is 13.0. The van der Waals surface area contributed by atoms with Gasteiger partial charge in [-0.15, -0.1) is 0 Å². The van der Waals surface area contributed by atoms with Crippen LogP contribution >= 0.6 is 11.8 Å². The van der Waals surface area contributed by atoms with Gasteiger partial charge in [0, 0.05) is 18.0 Å². The van der Waals surface area contributed by atoms with Gasteiger partial charge in [0.2, 0.25) is 0 Å². The molecule has 2 rings (SSSR count). The highest BCUT2D eigenvalue weighted by Gasteiger charge is 2.20. The Morgan fingerprint density at radius 1 is 1.44 bits per heavy atom. The van der Waals surface area contributed by atoms with Crippen LogP contribution in [-0.4, -0.2) is 26.9 Å². The van der Waals surface area contributed by atoms with Gasteiger partial charge in [-0.05, 0) is 19.3 Å². The molecule has 18 heavy (non-hydrogen) atoms. The van der Waals surface area contributed by atoms with Crippen LogP contribution < -0.4 is 5.32 Å². The van der Waals surface area contributed by atoms with Crippen molar-refractivity contribution in [3.05, 3.63) is 23.8 Å². The van der Waals surface area contributed by atoms with E-state index in [1.54, 1.807) is 24.2 Å². The lowest BCUT2D eigenvalue weighted by atomic mass is 10.1. The molecule has 0 aromatic carbocycles. The molecule has 1 aromatic rings. The highest BCUT2D eigenvalue weighted by atomic mass is 32.2. The SMILES string of the molecule is Cc1cnc(CN=C2NC(CC(C)C)CS2)cn1. The first-order chi connectivity index (χ1) is 8.63. The lowest BCUT2D eigenvalue weighted by Gasteiger charge is -2.11. The van der Waals surface area contributed by atoms with Gasteiger partial charge >= 0.3 is 0 Å². The number of thioether (sulfide) groups is 1. The smallest absolute Gasteiger partial charge is 0.157 e. The third kappa shape index (κ3) is 3.98. The third-order valence-corrected chi connectivity index (χ3v) is 3.81. The van der Waals surface area contributed by atoms with Crippen LogP contribution in [0.25, 0.3) is 0 Å². The van der Waals surface area contributed by atoms with Crippen molar-refractivity contribution in [1.29, 1.82) is 0 Å². The zero-order valence-electron chi connectivity index (χ0n) is 11.2. The number of amidine groups is 1. The highest BCUT2D eigenvalue weighted by molar-refractivity contribution is 8.14. The number of aromatic nitrogens is 2. The second-order valence-corrected chi connectivity index (χ2v) is 6.06. The largest absolute Gasteiger partial charge is 0.361 e. The Hall–Kier alpha value is -1.10. The van der Waals surface area contributed by atoms with Gasteiger partial charge in [-0.1, -0.05) is 25.6 Å². The average Bonchev–Trinajstić information content (AvgIpc) is 2.75. The van der Waals surface area contributed by atoms with Crippen LogP contribution in [0.15, 0.2) is 17.4 Å². The maximum Gasteiger partial charge on any atom is 0.157 e. The van der Waals surface area contributed by atoms with Crippen LogP contribution in [0, 0.1) is 12.8 Å². The number of rotatable bonds is 4. The minimum absolute atomic E-state index is 0.567. The molecule has 1 N–H and O–H groups in total. The molecule has 1 fully saturated rings. The summed E-state index contributed by atoms with van der Waals surface area (Å²) in [4.78, 5) is 13.1. The summed E-state index contributed by atoms with van der Waals surface area (Å²) in [5.41, 5.74) is 1.86. The van der Waals surface area contributed by atoms with E-state index in [0.717, 1.165) is 28.2 Å². The Balaban J connectivity index is 1.85. The summed E-state index contributed by atoms with van der Waals surface area (Å²) in [6, 6.07) is 0.567. The van der Waals surface area contributed by atoms with E-state index in [1.807, 2.05) is 6.92 Å². The Morgan fingerprint density at radius 2 is 2.28 bits per heavy atom. The van der Waals surface area contributed by atoms with Crippen LogP contribution in [0.5, 0.6) is 0 Å². The number of nitrogens with one attached hydrogen (secondary N) is 1. The topological polar surface area (TPSA) is 50.2 Å². The molecule has 0 bridgehead atoms. The Bertz CT molecular complexity index is 414. The molecule has 4 nitrogen and oxygen atoms in total. The standard InChI is InChI=1S/C13H20N4S/c1-9(2)4-11-8-18-13(17-11)16-7-12-6-14-10(3)5-15-12/h5-6,9,11H,4,7-8H2,1-3H3,(H,16,17). The zero-order valence-corrected chi connectivity index (χ0v) is 12.0. The number of hydrogen-bond acceptors (Lipinski definition) is 4. The van der Waals surface area contributed by atoms with E-state index >= 15 is 0 Å².